The maximum Gasteiger partial charge on any atom is 0.335 e. The van der Waals surface area contributed by atoms with E-state index in [1.54, 1.807) is 6.92 Å². The minimum atomic E-state index is -3.41. The van der Waals surface area contributed by atoms with Crippen LogP contribution >= 0.6 is 0 Å². The van der Waals surface area contributed by atoms with E-state index in [4.69, 9.17) is 4.52 Å². The van der Waals surface area contributed by atoms with Crippen LogP contribution in [0.25, 0.3) is 0 Å². The van der Waals surface area contributed by atoms with Gasteiger partial charge in [-0.15, -0.1) is 0 Å². The maximum absolute atomic E-state index is 11.8. The van der Waals surface area contributed by atoms with Gasteiger partial charge in [0.05, 0.1) is 5.75 Å². The highest BCUT2D eigenvalue weighted by atomic mass is 32.2. The van der Waals surface area contributed by atoms with Crippen LogP contribution in [0, 0.1) is 6.92 Å². The van der Waals surface area contributed by atoms with E-state index in [0.717, 1.165) is 19.4 Å². The number of piperidine rings is 1. The van der Waals surface area contributed by atoms with E-state index in [1.165, 1.54) is 6.42 Å². The Bertz CT molecular complexity index is 479. The van der Waals surface area contributed by atoms with Crippen molar-refractivity contribution in [3.63, 3.8) is 0 Å². The standard InChI is InChI=1S/C10H18N4O3S/c1-8-12-10(17-13-8)14-18(15,16)7-5-9-4-2-3-6-11-9/h9,11H,2-7H2,1H3,(H,12,13,14). The number of nitrogens with zero attached hydrogens (tertiary/aromatic N) is 2. The predicted molar refractivity (Wildman–Crippen MR) is 66.7 cm³/mol. The summed E-state index contributed by atoms with van der Waals surface area (Å²) in [6.45, 7) is 2.61. The van der Waals surface area contributed by atoms with Gasteiger partial charge in [-0.05, 0) is 32.7 Å². The van der Waals surface area contributed by atoms with Gasteiger partial charge in [-0.25, -0.2) is 13.1 Å². The molecule has 2 N–H and O–H groups in total. The molecule has 7 nitrogen and oxygen atoms in total. The summed E-state index contributed by atoms with van der Waals surface area (Å²) in [4.78, 5) is 3.81. The van der Waals surface area contributed by atoms with Crippen LogP contribution in [0.5, 0.6) is 0 Å². The molecule has 18 heavy (non-hydrogen) atoms. The summed E-state index contributed by atoms with van der Waals surface area (Å²) in [5.74, 6) is 0.466. The number of sulfonamides is 1. The number of rotatable bonds is 5. The van der Waals surface area contributed by atoms with Crippen LogP contribution in [0.1, 0.15) is 31.5 Å². The van der Waals surface area contributed by atoms with E-state index in [-0.39, 0.29) is 11.8 Å². The van der Waals surface area contributed by atoms with Crippen LogP contribution in [0.4, 0.5) is 6.01 Å². The highest BCUT2D eigenvalue weighted by Crippen LogP contribution is 2.12. The summed E-state index contributed by atoms with van der Waals surface area (Å²) in [5.41, 5.74) is 0. The molecule has 1 unspecified atom stereocenters. The third kappa shape index (κ3) is 3.95. The molecule has 1 aromatic rings. The van der Waals surface area contributed by atoms with Gasteiger partial charge in [0.15, 0.2) is 5.82 Å². The fourth-order valence-electron chi connectivity index (χ4n) is 1.99. The topological polar surface area (TPSA) is 97.1 Å². The zero-order chi connectivity index (χ0) is 13.0. The number of anilines is 1. The number of aryl methyl sites for hydroxylation is 1. The minimum Gasteiger partial charge on any atom is -0.314 e. The van der Waals surface area contributed by atoms with E-state index in [0.29, 0.717) is 18.3 Å². The lowest BCUT2D eigenvalue weighted by molar-refractivity contribution is 0.392. The van der Waals surface area contributed by atoms with E-state index in [2.05, 4.69) is 20.2 Å². The third-order valence-corrected chi connectivity index (χ3v) is 4.18. The summed E-state index contributed by atoms with van der Waals surface area (Å²) in [7, 11) is -3.41. The molecule has 1 fully saturated rings. The molecule has 0 amide bonds. The fraction of sp³-hybridized carbons (Fsp3) is 0.800. The van der Waals surface area contributed by atoms with Gasteiger partial charge in [0, 0.05) is 6.04 Å². The largest absolute Gasteiger partial charge is 0.335 e. The number of hydrogen-bond donors (Lipinski definition) is 2. The van der Waals surface area contributed by atoms with Crippen molar-refractivity contribution in [2.24, 2.45) is 0 Å². The number of hydrogen-bond acceptors (Lipinski definition) is 6. The highest BCUT2D eigenvalue weighted by molar-refractivity contribution is 7.92. The normalized spacial score (nSPS) is 20.8. The molecule has 1 aliphatic rings. The van der Waals surface area contributed by atoms with Crippen LogP contribution in [-0.4, -0.2) is 36.9 Å². The first-order valence-electron chi connectivity index (χ1n) is 6.09. The first-order chi connectivity index (χ1) is 8.55. The van der Waals surface area contributed by atoms with Gasteiger partial charge in [0.25, 0.3) is 0 Å². The Balaban J connectivity index is 1.83. The average molecular weight is 274 g/mol. The predicted octanol–water partition coefficient (Wildman–Crippen LogP) is 0.652. The highest BCUT2D eigenvalue weighted by Gasteiger charge is 2.19. The van der Waals surface area contributed by atoms with Crippen molar-refractivity contribution in [3.8, 4) is 0 Å². The number of aromatic nitrogens is 2. The Hall–Kier alpha value is -1.15. The molecule has 2 heterocycles. The molecular formula is C10H18N4O3S. The van der Waals surface area contributed by atoms with E-state index >= 15 is 0 Å². The lowest BCUT2D eigenvalue weighted by Crippen LogP contribution is -2.36. The zero-order valence-electron chi connectivity index (χ0n) is 10.3. The molecule has 1 saturated heterocycles. The Morgan fingerprint density at radius 3 is 2.94 bits per heavy atom. The van der Waals surface area contributed by atoms with E-state index in [9.17, 15) is 8.42 Å². The second kappa shape index (κ2) is 5.66. The minimum absolute atomic E-state index is 0.0616. The van der Waals surface area contributed by atoms with Crippen molar-refractivity contribution in [1.82, 2.24) is 15.5 Å². The monoisotopic (exact) mass is 274 g/mol. The average Bonchev–Trinajstić information content (AvgIpc) is 2.73. The molecule has 1 atom stereocenters. The Morgan fingerprint density at radius 2 is 2.33 bits per heavy atom. The van der Waals surface area contributed by atoms with Crippen molar-refractivity contribution in [2.75, 3.05) is 17.0 Å². The van der Waals surface area contributed by atoms with Gasteiger partial charge in [-0.3, -0.25) is 0 Å². The van der Waals surface area contributed by atoms with Crippen LogP contribution in [0.2, 0.25) is 0 Å². The summed E-state index contributed by atoms with van der Waals surface area (Å²) in [6.07, 6.45) is 3.97. The first kappa shape index (κ1) is 13.3. The van der Waals surface area contributed by atoms with Gasteiger partial charge in [-0.2, -0.15) is 4.98 Å². The lowest BCUT2D eigenvalue weighted by atomic mass is 10.0. The van der Waals surface area contributed by atoms with Gasteiger partial charge in [0.1, 0.15) is 0 Å². The SMILES string of the molecule is Cc1noc(NS(=O)(=O)CCC2CCCCN2)n1. The molecule has 0 bridgehead atoms. The van der Waals surface area contributed by atoms with Gasteiger partial charge in [0.2, 0.25) is 10.0 Å². The fourth-order valence-corrected chi connectivity index (χ4v) is 3.04. The summed E-state index contributed by atoms with van der Waals surface area (Å²) in [5, 5.41) is 6.84. The molecular weight excluding hydrogens is 256 g/mol. The van der Waals surface area contributed by atoms with Gasteiger partial charge in [-0.1, -0.05) is 11.6 Å². The quantitative estimate of drug-likeness (QED) is 0.818. The molecule has 2 rings (SSSR count). The van der Waals surface area contributed by atoms with E-state index < -0.39 is 10.0 Å². The van der Waals surface area contributed by atoms with Crippen molar-refractivity contribution >= 4 is 16.0 Å². The zero-order valence-corrected chi connectivity index (χ0v) is 11.2. The molecule has 0 saturated carbocycles. The molecule has 1 aliphatic heterocycles. The molecule has 1 aromatic heterocycles. The Kier molecular flexibility index (Phi) is 4.18. The first-order valence-corrected chi connectivity index (χ1v) is 7.74. The maximum atomic E-state index is 11.8. The van der Waals surface area contributed by atoms with Crippen molar-refractivity contribution in [2.45, 2.75) is 38.6 Å². The summed E-state index contributed by atoms with van der Waals surface area (Å²) in [6, 6.07) is 0.226. The second-order valence-corrected chi connectivity index (χ2v) is 6.35. The Labute approximate surface area is 106 Å². The van der Waals surface area contributed by atoms with Crippen LogP contribution in [0.15, 0.2) is 4.52 Å². The molecule has 102 valence electrons. The molecule has 0 aliphatic carbocycles. The van der Waals surface area contributed by atoms with Crippen molar-refractivity contribution in [3.05, 3.63) is 5.82 Å². The molecule has 0 spiro atoms. The molecule has 8 heteroatoms. The Morgan fingerprint density at radius 1 is 1.50 bits per heavy atom. The second-order valence-electron chi connectivity index (χ2n) is 4.50. The van der Waals surface area contributed by atoms with Gasteiger partial charge < -0.3 is 9.84 Å². The summed E-state index contributed by atoms with van der Waals surface area (Å²) >= 11 is 0. The lowest BCUT2D eigenvalue weighted by Gasteiger charge is -2.23. The van der Waals surface area contributed by atoms with Crippen molar-refractivity contribution < 1.29 is 12.9 Å². The molecule has 0 aromatic carbocycles. The van der Waals surface area contributed by atoms with Crippen LogP contribution in [-0.2, 0) is 10.0 Å². The number of nitrogens with one attached hydrogen (secondary N) is 2. The van der Waals surface area contributed by atoms with Gasteiger partial charge >= 0.3 is 6.01 Å². The van der Waals surface area contributed by atoms with Crippen LogP contribution in [0.3, 0.4) is 0 Å². The van der Waals surface area contributed by atoms with E-state index in [1.807, 2.05) is 0 Å². The third-order valence-electron chi connectivity index (χ3n) is 2.92. The molecule has 0 radical (unpaired) electrons. The smallest absolute Gasteiger partial charge is 0.314 e. The summed E-state index contributed by atoms with van der Waals surface area (Å²) < 4.78 is 30.6. The van der Waals surface area contributed by atoms with Crippen molar-refractivity contribution in [1.29, 1.82) is 0 Å². The van der Waals surface area contributed by atoms with Crippen LogP contribution < -0.4 is 10.0 Å².